The van der Waals surface area contributed by atoms with Crippen molar-refractivity contribution in [1.29, 1.82) is 0 Å². The number of hydrogen-bond donors (Lipinski definition) is 1. The monoisotopic (exact) mass is 385 g/mol. The van der Waals surface area contributed by atoms with Crippen molar-refractivity contribution >= 4 is 11.9 Å². The van der Waals surface area contributed by atoms with Crippen molar-refractivity contribution in [1.82, 2.24) is 5.32 Å². The Morgan fingerprint density at radius 3 is 2.43 bits per heavy atom. The third-order valence-electron chi connectivity index (χ3n) is 4.44. The number of hydrogen-bond acceptors (Lipinski definition) is 5. The minimum absolute atomic E-state index is 0.184. The highest BCUT2D eigenvalue weighted by atomic mass is 16.5. The van der Waals surface area contributed by atoms with Gasteiger partial charge in [0, 0.05) is 0 Å². The van der Waals surface area contributed by atoms with E-state index in [9.17, 15) is 9.59 Å². The van der Waals surface area contributed by atoms with Crippen LogP contribution in [0.5, 0.6) is 11.5 Å². The molecule has 0 saturated heterocycles. The zero-order chi connectivity index (χ0) is 20.7. The van der Waals surface area contributed by atoms with Gasteiger partial charge in [0.1, 0.15) is 0 Å². The van der Waals surface area contributed by atoms with E-state index in [1.807, 2.05) is 45.9 Å². The van der Waals surface area contributed by atoms with Crippen molar-refractivity contribution in [3.8, 4) is 11.5 Å². The quantitative estimate of drug-likeness (QED) is 0.701. The highest BCUT2D eigenvalue weighted by molar-refractivity contribution is 5.92. The van der Waals surface area contributed by atoms with E-state index in [4.69, 9.17) is 14.2 Å². The maximum atomic E-state index is 12.2. The Kier molecular flexibility index (Phi) is 7.44. The molecule has 0 aliphatic rings. The van der Waals surface area contributed by atoms with E-state index in [-0.39, 0.29) is 24.1 Å². The SMILES string of the molecule is CCOc1ccc(C(=O)OCC(=O)N[C@H](C)c2ccc(C)c(C)c2)cc1OC. The summed E-state index contributed by atoms with van der Waals surface area (Å²) in [4.78, 5) is 24.4. The van der Waals surface area contributed by atoms with Gasteiger partial charge in [-0.25, -0.2) is 4.79 Å². The fourth-order valence-electron chi connectivity index (χ4n) is 2.68. The first-order valence-electron chi connectivity index (χ1n) is 9.20. The summed E-state index contributed by atoms with van der Waals surface area (Å²) in [7, 11) is 1.49. The number of esters is 1. The molecule has 1 N–H and O–H groups in total. The average molecular weight is 385 g/mol. The molecule has 1 amide bonds. The Balaban J connectivity index is 1.93. The molecule has 6 heteroatoms. The molecule has 0 bridgehead atoms. The normalized spacial score (nSPS) is 11.5. The van der Waals surface area contributed by atoms with Crippen molar-refractivity contribution in [2.75, 3.05) is 20.3 Å². The molecule has 0 aliphatic carbocycles. The van der Waals surface area contributed by atoms with Crippen molar-refractivity contribution in [2.45, 2.75) is 33.7 Å². The zero-order valence-electron chi connectivity index (χ0n) is 17.0. The average Bonchev–Trinajstić information content (AvgIpc) is 2.68. The van der Waals surface area contributed by atoms with E-state index >= 15 is 0 Å². The van der Waals surface area contributed by atoms with Crippen LogP contribution in [-0.4, -0.2) is 32.2 Å². The van der Waals surface area contributed by atoms with E-state index < -0.39 is 5.97 Å². The number of rotatable bonds is 8. The van der Waals surface area contributed by atoms with Crippen LogP contribution in [0.4, 0.5) is 0 Å². The lowest BCUT2D eigenvalue weighted by molar-refractivity contribution is -0.124. The summed E-state index contributed by atoms with van der Waals surface area (Å²) in [6.45, 7) is 7.95. The maximum absolute atomic E-state index is 12.2. The lowest BCUT2D eigenvalue weighted by Gasteiger charge is -2.16. The molecule has 0 radical (unpaired) electrons. The number of benzene rings is 2. The number of carbonyl (C=O) groups excluding carboxylic acids is 2. The van der Waals surface area contributed by atoms with E-state index in [0.717, 1.165) is 11.1 Å². The highest BCUT2D eigenvalue weighted by Gasteiger charge is 2.15. The third-order valence-corrected chi connectivity index (χ3v) is 4.44. The Labute approximate surface area is 165 Å². The van der Waals surface area contributed by atoms with E-state index in [0.29, 0.717) is 18.1 Å². The van der Waals surface area contributed by atoms with Crippen LogP contribution in [-0.2, 0) is 9.53 Å². The molecule has 0 fully saturated rings. The van der Waals surface area contributed by atoms with Crippen LogP contribution < -0.4 is 14.8 Å². The Hall–Kier alpha value is -3.02. The summed E-state index contributed by atoms with van der Waals surface area (Å²) in [5.74, 6) is 0.0120. The number of aryl methyl sites for hydroxylation is 2. The van der Waals surface area contributed by atoms with Crippen molar-refractivity contribution in [3.63, 3.8) is 0 Å². The first-order valence-corrected chi connectivity index (χ1v) is 9.20. The minimum Gasteiger partial charge on any atom is -0.493 e. The molecule has 0 heterocycles. The molecule has 0 unspecified atom stereocenters. The number of carbonyl (C=O) groups is 2. The highest BCUT2D eigenvalue weighted by Crippen LogP contribution is 2.28. The first kappa shape index (κ1) is 21.3. The third kappa shape index (κ3) is 5.49. The van der Waals surface area contributed by atoms with Gasteiger partial charge in [0.05, 0.1) is 25.3 Å². The molecule has 2 rings (SSSR count). The fraction of sp³-hybridized carbons (Fsp3) is 0.364. The predicted molar refractivity (Wildman–Crippen MR) is 107 cm³/mol. The van der Waals surface area contributed by atoms with E-state index in [1.54, 1.807) is 12.1 Å². The van der Waals surface area contributed by atoms with E-state index in [2.05, 4.69) is 5.32 Å². The zero-order valence-corrected chi connectivity index (χ0v) is 17.0. The number of amides is 1. The Bertz CT molecular complexity index is 847. The number of ether oxygens (including phenoxy) is 3. The van der Waals surface area contributed by atoms with Gasteiger partial charge in [-0.3, -0.25) is 4.79 Å². The maximum Gasteiger partial charge on any atom is 0.338 e. The molecule has 28 heavy (non-hydrogen) atoms. The Morgan fingerprint density at radius 1 is 1.04 bits per heavy atom. The van der Waals surface area contributed by atoms with Crippen LogP contribution >= 0.6 is 0 Å². The molecule has 2 aromatic carbocycles. The number of nitrogens with one attached hydrogen (secondary N) is 1. The van der Waals surface area contributed by atoms with Crippen LogP contribution in [0.3, 0.4) is 0 Å². The molecule has 0 saturated carbocycles. The van der Waals surface area contributed by atoms with Crippen LogP contribution in [0.15, 0.2) is 36.4 Å². The summed E-state index contributed by atoms with van der Waals surface area (Å²) < 4.78 is 15.8. The van der Waals surface area contributed by atoms with Crippen LogP contribution in [0.2, 0.25) is 0 Å². The molecule has 1 atom stereocenters. The summed E-state index contributed by atoms with van der Waals surface area (Å²) in [5.41, 5.74) is 3.64. The summed E-state index contributed by atoms with van der Waals surface area (Å²) in [6.07, 6.45) is 0. The second-order valence-electron chi connectivity index (χ2n) is 6.51. The van der Waals surface area contributed by atoms with Gasteiger partial charge in [0.2, 0.25) is 0 Å². The lowest BCUT2D eigenvalue weighted by atomic mass is 10.0. The van der Waals surface area contributed by atoms with Crippen molar-refractivity contribution in [3.05, 3.63) is 58.7 Å². The van der Waals surface area contributed by atoms with Crippen LogP contribution in [0, 0.1) is 13.8 Å². The van der Waals surface area contributed by atoms with Gasteiger partial charge in [-0.2, -0.15) is 0 Å². The van der Waals surface area contributed by atoms with Crippen LogP contribution in [0.25, 0.3) is 0 Å². The van der Waals surface area contributed by atoms with Gasteiger partial charge < -0.3 is 19.5 Å². The van der Waals surface area contributed by atoms with Gasteiger partial charge in [-0.05, 0) is 62.6 Å². The summed E-state index contributed by atoms with van der Waals surface area (Å²) >= 11 is 0. The molecule has 0 aliphatic heterocycles. The van der Waals surface area contributed by atoms with Crippen molar-refractivity contribution < 1.29 is 23.8 Å². The lowest BCUT2D eigenvalue weighted by Crippen LogP contribution is -2.31. The van der Waals surface area contributed by atoms with Gasteiger partial charge in [-0.15, -0.1) is 0 Å². The van der Waals surface area contributed by atoms with Gasteiger partial charge in [-0.1, -0.05) is 18.2 Å². The predicted octanol–water partition coefficient (Wildman–Crippen LogP) is 3.74. The summed E-state index contributed by atoms with van der Waals surface area (Å²) in [5, 5.41) is 2.84. The second-order valence-corrected chi connectivity index (χ2v) is 6.51. The van der Waals surface area contributed by atoms with Crippen LogP contribution in [0.1, 0.15) is 46.9 Å². The summed E-state index contributed by atoms with van der Waals surface area (Å²) in [6, 6.07) is 10.6. The topological polar surface area (TPSA) is 73.9 Å². The molecule has 6 nitrogen and oxygen atoms in total. The van der Waals surface area contributed by atoms with Gasteiger partial charge >= 0.3 is 5.97 Å². The second kappa shape index (κ2) is 9.78. The Morgan fingerprint density at radius 2 is 1.79 bits per heavy atom. The molecular formula is C22H27NO5. The molecule has 0 aromatic heterocycles. The fourth-order valence-corrected chi connectivity index (χ4v) is 2.68. The smallest absolute Gasteiger partial charge is 0.338 e. The molecule has 2 aromatic rings. The van der Waals surface area contributed by atoms with Gasteiger partial charge in [0.15, 0.2) is 18.1 Å². The largest absolute Gasteiger partial charge is 0.493 e. The number of methoxy groups -OCH3 is 1. The van der Waals surface area contributed by atoms with Crippen molar-refractivity contribution in [2.24, 2.45) is 0 Å². The van der Waals surface area contributed by atoms with Gasteiger partial charge in [0.25, 0.3) is 5.91 Å². The standard InChI is InChI=1S/C22H27NO5/c1-6-27-19-10-9-18(12-20(19)26-5)22(25)28-13-21(24)23-16(4)17-8-7-14(2)15(3)11-17/h7-12,16H,6,13H2,1-5H3,(H,23,24)/t16-/m1/s1. The minimum atomic E-state index is -0.602. The van der Waals surface area contributed by atoms with E-state index in [1.165, 1.54) is 18.7 Å². The molecular weight excluding hydrogens is 358 g/mol. The molecule has 150 valence electrons. The first-order chi connectivity index (χ1) is 13.3. The molecule has 0 spiro atoms.